The van der Waals surface area contributed by atoms with Gasteiger partial charge in [-0.25, -0.2) is 4.79 Å². The third kappa shape index (κ3) is 3.96. The van der Waals surface area contributed by atoms with Crippen molar-refractivity contribution in [3.8, 4) is 0 Å². The zero-order valence-corrected chi connectivity index (χ0v) is 19.3. The number of aryl methyl sites for hydroxylation is 1. The van der Waals surface area contributed by atoms with E-state index in [0.29, 0.717) is 5.56 Å². The van der Waals surface area contributed by atoms with Crippen LogP contribution in [-0.2, 0) is 11.8 Å². The van der Waals surface area contributed by atoms with E-state index in [9.17, 15) is 9.59 Å². The number of nitrogens with zero attached hydrogens (tertiary/aromatic N) is 3. The number of ether oxygens (including phenoxy) is 1. The van der Waals surface area contributed by atoms with Crippen molar-refractivity contribution < 1.29 is 14.3 Å². The molecule has 0 radical (unpaired) electrons. The topological polar surface area (TPSA) is 76.5 Å². The Bertz CT molecular complexity index is 1180. The van der Waals surface area contributed by atoms with Crippen LogP contribution in [0, 0.1) is 0 Å². The van der Waals surface area contributed by atoms with Crippen molar-refractivity contribution in [3.63, 3.8) is 0 Å². The molecule has 0 bridgehead atoms. The SMILES string of the molecule is Cn1cc2cccc(C(=O)NC3CCC(N4C(=O)OC(C)(C)C4c4ccccc4)CC3)c2n1. The number of carbonyl (C=O) groups is 2. The van der Waals surface area contributed by atoms with Crippen LogP contribution in [0.25, 0.3) is 10.9 Å². The molecule has 0 spiro atoms. The van der Waals surface area contributed by atoms with E-state index >= 15 is 0 Å². The number of cyclic esters (lactones) is 1. The quantitative estimate of drug-likeness (QED) is 0.636. The zero-order valence-electron chi connectivity index (χ0n) is 19.3. The fraction of sp³-hybridized carbons (Fsp3) is 0.423. The van der Waals surface area contributed by atoms with Crippen LogP contribution in [0.2, 0.25) is 0 Å². The zero-order chi connectivity index (χ0) is 23.2. The van der Waals surface area contributed by atoms with Gasteiger partial charge < -0.3 is 10.1 Å². The van der Waals surface area contributed by atoms with Gasteiger partial charge in [0.05, 0.1) is 11.6 Å². The fourth-order valence-electron chi connectivity index (χ4n) is 5.44. The average Bonchev–Trinajstić information content (AvgIpc) is 3.29. The Morgan fingerprint density at radius 2 is 1.79 bits per heavy atom. The summed E-state index contributed by atoms with van der Waals surface area (Å²) in [7, 11) is 1.86. The maximum atomic E-state index is 13.0. The molecule has 33 heavy (non-hydrogen) atoms. The molecule has 2 heterocycles. The van der Waals surface area contributed by atoms with Crippen LogP contribution < -0.4 is 5.32 Å². The fourth-order valence-corrected chi connectivity index (χ4v) is 5.44. The number of rotatable bonds is 4. The number of benzene rings is 2. The summed E-state index contributed by atoms with van der Waals surface area (Å²) >= 11 is 0. The average molecular weight is 447 g/mol. The highest BCUT2D eigenvalue weighted by molar-refractivity contribution is 6.05. The molecule has 5 rings (SSSR count). The molecule has 1 aromatic heterocycles. The number of aromatic nitrogens is 2. The molecular weight excluding hydrogens is 416 g/mol. The van der Waals surface area contributed by atoms with Gasteiger partial charge in [-0.3, -0.25) is 14.4 Å². The summed E-state index contributed by atoms with van der Waals surface area (Å²) in [6.07, 6.45) is 4.96. The lowest BCUT2D eigenvalue weighted by atomic mass is 9.86. The predicted octanol–water partition coefficient (Wildman–Crippen LogP) is 4.59. The molecule has 2 fully saturated rings. The first-order valence-electron chi connectivity index (χ1n) is 11.6. The van der Waals surface area contributed by atoms with Gasteiger partial charge in [-0.1, -0.05) is 42.5 Å². The largest absolute Gasteiger partial charge is 0.441 e. The van der Waals surface area contributed by atoms with Gasteiger partial charge in [0.15, 0.2) is 0 Å². The van der Waals surface area contributed by atoms with Gasteiger partial charge in [0, 0.05) is 30.7 Å². The minimum atomic E-state index is -0.592. The third-order valence-electron chi connectivity index (χ3n) is 6.93. The van der Waals surface area contributed by atoms with E-state index in [1.54, 1.807) is 4.68 Å². The third-order valence-corrected chi connectivity index (χ3v) is 6.93. The summed E-state index contributed by atoms with van der Waals surface area (Å²) in [5, 5.41) is 8.60. The molecule has 1 aliphatic heterocycles. The van der Waals surface area contributed by atoms with Crippen LogP contribution in [0.4, 0.5) is 4.79 Å². The van der Waals surface area contributed by atoms with Gasteiger partial charge >= 0.3 is 6.09 Å². The number of fused-ring (bicyclic) bond motifs is 1. The van der Waals surface area contributed by atoms with Crippen molar-refractivity contribution in [3.05, 3.63) is 65.9 Å². The molecule has 1 saturated carbocycles. The van der Waals surface area contributed by atoms with E-state index in [1.165, 1.54) is 0 Å². The molecule has 7 heteroatoms. The number of amides is 2. The number of carbonyl (C=O) groups excluding carboxylic acids is 2. The van der Waals surface area contributed by atoms with Gasteiger partial charge in [-0.05, 0) is 51.2 Å². The molecule has 1 saturated heterocycles. The number of nitrogens with one attached hydrogen (secondary N) is 1. The van der Waals surface area contributed by atoms with Gasteiger partial charge in [-0.2, -0.15) is 5.10 Å². The highest BCUT2D eigenvalue weighted by Crippen LogP contribution is 2.44. The highest BCUT2D eigenvalue weighted by Gasteiger charge is 2.51. The van der Waals surface area contributed by atoms with Crippen LogP contribution in [0.15, 0.2) is 54.7 Å². The summed E-state index contributed by atoms with van der Waals surface area (Å²) in [5.74, 6) is -0.0911. The smallest absolute Gasteiger partial charge is 0.411 e. The molecule has 2 aliphatic rings. The molecule has 7 nitrogen and oxygen atoms in total. The van der Waals surface area contributed by atoms with E-state index in [4.69, 9.17) is 4.74 Å². The van der Waals surface area contributed by atoms with Crippen LogP contribution in [-0.4, -0.2) is 44.4 Å². The molecule has 3 aromatic rings. The van der Waals surface area contributed by atoms with E-state index in [1.807, 2.05) is 68.4 Å². The summed E-state index contributed by atoms with van der Waals surface area (Å²) in [4.78, 5) is 27.8. The number of hydrogen-bond donors (Lipinski definition) is 1. The van der Waals surface area contributed by atoms with Crippen molar-refractivity contribution in [2.45, 2.75) is 63.3 Å². The summed E-state index contributed by atoms with van der Waals surface area (Å²) in [5.41, 5.74) is 1.82. The van der Waals surface area contributed by atoms with Crippen molar-refractivity contribution >= 4 is 22.9 Å². The first-order valence-corrected chi connectivity index (χ1v) is 11.6. The van der Waals surface area contributed by atoms with Gasteiger partial charge in [-0.15, -0.1) is 0 Å². The molecule has 1 aliphatic carbocycles. The maximum Gasteiger partial charge on any atom is 0.411 e. The molecule has 2 amide bonds. The van der Waals surface area contributed by atoms with Crippen LogP contribution >= 0.6 is 0 Å². The summed E-state index contributed by atoms with van der Waals surface area (Å²) in [6, 6.07) is 15.8. The predicted molar refractivity (Wildman–Crippen MR) is 126 cm³/mol. The van der Waals surface area contributed by atoms with E-state index in [2.05, 4.69) is 22.5 Å². The molecule has 1 unspecified atom stereocenters. The monoisotopic (exact) mass is 446 g/mol. The van der Waals surface area contributed by atoms with Gasteiger partial charge in [0.1, 0.15) is 11.1 Å². The Labute approximate surface area is 193 Å². The standard InChI is InChI=1S/C26H30N4O3/c1-26(2)23(17-8-5-4-6-9-17)30(25(32)33-26)20-14-12-19(13-15-20)27-24(31)21-11-7-10-18-16-29(3)28-22(18)21/h4-11,16,19-20,23H,12-15H2,1-3H3,(H,27,31). The van der Waals surface area contributed by atoms with Crippen molar-refractivity contribution in [2.75, 3.05) is 0 Å². The number of hydrogen-bond acceptors (Lipinski definition) is 4. The van der Waals surface area contributed by atoms with Crippen molar-refractivity contribution in [1.82, 2.24) is 20.0 Å². The first-order chi connectivity index (χ1) is 15.8. The summed E-state index contributed by atoms with van der Waals surface area (Å²) < 4.78 is 7.51. The highest BCUT2D eigenvalue weighted by atomic mass is 16.6. The Balaban J connectivity index is 1.27. The van der Waals surface area contributed by atoms with E-state index in [0.717, 1.165) is 42.1 Å². The Kier molecular flexibility index (Phi) is 5.35. The normalized spacial score (nSPS) is 24.6. The molecular formula is C26H30N4O3. The second-order valence-corrected chi connectivity index (χ2v) is 9.72. The Morgan fingerprint density at radius 3 is 2.52 bits per heavy atom. The maximum absolute atomic E-state index is 13.0. The van der Waals surface area contributed by atoms with Crippen molar-refractivity contribution in [1.29, 1.82) is 0 Å². The first kappa shape index (κ1) is 21.5. The van der Waals surface area contributed by atoms with E-state index < -0.39 is 5.60 Å². The molecule has 1 atom stereocenters. The molecule has 1 N–H and O–H groups in total. The van der Waals surface area contributed by atoms with Crippen molar-refractivity contribution in [2.24, 2.45) is 7.05 Å². The molecule has 2 aromatic carbocycles. The Hall–Kier alpha value is -3.35. The van der Waals surface area contributed by atoms with Crippen LogP contribution in [0.5, 0.6) is 0 Å². The minimum Gasteiger partial charge on any atom is -0.441 e. The van der Waals surface area contributed by atoms with Crippen LogP contribution in [0.3, 0.4) is 0 Å². The lowest BCUT2D eigenvalue weighted by molar-refractivity contribution is 0.0663. The van der Waals surface area contributed by atoms with E-state index in [-0.39, 0.29) is 30.1 Å². The Morgan fingerprint density at radius 1 is 1.06 bits per heavy atom. The molecule has 172 valence electrons. The second kappa shape index (κ2) is 8.21. The van der Waals surface area contributed by atoms with Crippen LogP contribution in [0.1, 0.15) is 61.5 Å². The van der Waals surface area contributed by atoms with Gasteiger partial charge in [0.25, 0.3) is 5.91 Å². The summed E-state index contributed by atoms with van der Waals surface area (Å²) in [6.45, 7) is 3.96. The lowest BCUT2D eigenvalue weighted by Gasteiger charge is -2.38. The minimum absolute atomic E-state index is 0.0783. The van der Waals surface area contributed by atoms with Gasteiger partial charge in [0.2, 0.25) is 0 Å². The lowest BCUT2D eigenvalue weighted by Crippen LogP contribution is -2.46. The second-order valence-electron chi connectivity index (χ2n) is 9.72.